The second kappa shape index (κ2) is 11.9. The second-order valence-corrected chi connectivity index (χ2v) is 14.2. The Morgan fingerprint density at radius 2 is 0.732 bits per heavy atom. The largest absolute Gasteiger partial charge is 0.451 e. The van der Waals surface area contributed by atoms with Crippen molar-refractivity contribution in [2.75, 3.05) is 0 Å². The number of fused-ring (bicyclic) bond motifs is 9. The van der Waals surface area contributed by atoms with Gasteiger partial charge in [-0.1, -0.05) is 109 Å². The Hall–Kier alpha value is -7.19. The van der Waals surface area contributed by atoms with Crippen LogP contribution in [0.5, 0.6) is 0 Å². The third kappa shape index (κ3) is 4.68. The number of nitrogens with zero attached hydrogens (tertiary/aromatic N) is 5. The Labute approximate surface area is 318 Å². The van der Waals surface area contributed by atoms with Crippen molar-refractivity contribution in [3.8, 4) is 28.3 Å². The van der Waals surface area contributed by atoms with Gasteiger partial charge in [-0.15, -0.1) is 0 Å². The summed E-state index contributed by atoms with van der Waals surface area (Å²) in [6.07, 6.45) is -4.73. The minimum atomic E-state index is -4.73. The van der Waals surface area contributed by atoms with E-state index >= 15 is 0 Å². The lowest BCUT2D eigenvalue weighted by Crippen LogP contribution is -2.13. The monoisotopic (exact) mass is 733 g/mol. The van der Waals surface area contributed by atoms with Gasteiger partial charge in [-0.3, -0.25) is 0 Å². The van der Waals surface area contributed by atoms with Crippen LogP contribution in [0.1, 0.15) is 11.5 Å². The summed E-state index contributed by atoms with van der Waals surface area (Å²) in [7, 11) is 0. The molecule has 0 aliphatic heterocycles. The lowest BCUT2D eigenvalue weighted by molar-refractivity contribution is -0.145. The van der Waals surface area contributed by atoms with Gasteiger partial charge in [0.1, 0.15) is 0 Å². The number of hydrogen-bond donors (Lipinski definition) is 0. The van der Waals surface area contributed by atoms with E-state index in [-0.39, 0.29) is 11.4 Å². The highest BCUT2D eigenvalue weighted by Gasteiger charge is 2.35. The first-order chi connectivity index (χ1) is 27.3. The number of halogens is 3. The molecule has 0 unspecified atom stereocenters. The minimum Gasteiger partial charge on any atom is -0.307 e. The van der Waals surface area contributed by atoms with E-state index in [0.717, 1.165) is 82.5 Å². The maximum Gasteiger partial charge on any atom is 0.451 e. The molecule has 0 N–H and O–H groups in total. The van der Waals surface area contributed by atoms with E-state index in [1.54, 1.807) is 13.0 Å². The number of alkyl halides is 3. The average molecular weight is 734 g/mol. The molecule has 4 aromatic heterocycles. The van der Waals surface area contributed by atoms with Gasteiger partial charge in [0.2, 0.25) is 5.82 Å². The quantitative estimate of drug-likeness (QED) is 0.181. The van der Waals surface area contributed by atoms with Crippen molar-refractivity contribution < 1.29 is 13.2 Å². The molecule has 56 heavy (non-hydrogen) atoms. The van der Waals surface area contributed by atoms with Crippen LogP contribution in [0.3, 0.4) is 0 Å². The highest BCUT2D eigenvalue weighted by Crippen LogP contribution is 2.44. The van der Waals surface area contributed by atoms with Crippen LogP contribution in [0.25, 0.3) is 93.7 Å². The number of aromatic nitrogens is 5. The van der Waals surface area contributed by atoms with Crippen LogP contribution in [-0.4, -0.2) is 23.7 Å². The third-order valence-electron chi connectivity index (χ3n) is 10.9. The maximum atomic E-state index is 14.4. The van der Waals surface area contributed by atoms with Crippen molar-refractivity contribution in [1.82, 2.24) is 23.7 Å². The van der Waals surface area contributed by atoms with E-state index in [4.69, 9.17) is 0 Å². The first-order valence-corrected chi connectivity index (χ1v) is 18.4. The molecule has 11 rings (SSSR count). The number of benzene rings is 7. The summed E-state index contributed by atoms with van der Waals surface area (Å²) in [4.78, 5) is 8.01. The Morgan fingerprint density at radius 3 is 1.07 bits per heavy atom. The molecule has 268 valence electrons. The summed E-state index contributed by atoms with van der Waals surface area (Å²) in [5.41, 5.74) is 9.25. The molecule has 0 aliphatic rings. The molecule has 7 aromatic carbocycles. The summed E-state index contributed by atoms with van der Waals surface area (Å²) < 4.78 is 50.0. The van der Waals surface area contributed by atoms with Crippen LogP contribution in [0, 0.1) is 6.92 Å². The van der Waals surface area contributed by atoms with Crippen molar-refractivity contribution in [3.05, 3.63) is 175 Å². The van der Waals surface area contributed by atoms with Crippen molar-refractivity contribution in [3.63, 3.8) is 0 Å². The van der Waals surface area contributed by atoms with Gasteiger partial charge in [0.25, 0.3) is 0 Å². The summed E-state index contributed by atoms with van der Waals surface area (Å²) >= 11 is 0. The first kappa shape index (κ1) is 32.3. The van der Waals surface area contributed by atoms with Crippen molar-refractivity contribution in [1.29, 1.82) is 0 Å². The van der Waals surface area contributed by atoms with Crippen LogP contribution in [-0.2, 0) is 6.18 Å². The smallest absolute Gasteiger partial charge is 0.307 e. The number of para-hydroxylation sites is 6. The molecular formula is C48H30F3N5. The van der Waals surface area contributed by atoms with Gasteiger partial charge in [0, 0.05) is 43.6 Å². The molecule has 4 heterocycles. The number of rotatable bonds is 4. The van der Waals surface area contributed by atoms with Crippen LogP contribution in [0.2, 0.25) is 0 Å². The molecule has 0 saturated heterocycles. The Balaban J connectivity index is 1.42. The van der Waals surface area contributed by atoms with Gasteiger partial charge >= 0.3 is 6.18 Å². The Morgan fingerprint density at radius 1 is 0.411 bits per heavy atom. The van der Waals surface area contributed by atoms with Crippen LogP contribution >= 0.6 is 0 Å². The van der Waals surface area contributed by atoms with Gasteiger partial charge in [0.15, 0.2) is 0 Å². The molecule has 0 saturated carbocycles. The van der Waals surface area contributed by atoms with Gasteiger partial charge in [-0.25, -0.2) is 9.97 Å². The van der Waals surface area contributed by atoms with Gasteiger partial charge < -0.3 is 13.7 Å². The molecule has 8 heteroatoms. The summed E-state index contributed by atoms with van der Waals surface area (Å²) in [5.74, 6) is -1.17. The third-order valence-corrected chi connectivity index (χ3v) is 10.9. The number of hydrogen-bond acceptors (Lipinski definition) is 2. The fourth-order valence-electron chi connectivity index (χ4n) is 8.69. The van der Waals surface area contributed by atoms with Crippen LogP contribution in [0.15, 0.2) is 164 Å². The molecule has 0 bridgehead atoms. The lowest BCUT2D eigenvalue weighted by Gasteiger charge is -2.23. The average Bonchev–Trinajstić information content (AvgIpc) is 3.86. The van der Waals surface area contributed by atoms with Crippen LogP contribution in [0.4, 0.5) is 13.2 Å². The molecule has 5 nitrogen and oxygen atoms in total. The van der Waals surface area contributed by atoms with E-state index in [9.17, 15) is 13.2 Å². The number of aryl methyl sites for hydroxylation is 1. The zero-order valence-electron chi connectivity index (χ0n) is 30.0. The SMILES string of the molecule is Cc1cc(-c2cc(-n3c4ccccc4c4ccccc43)c(-n3c4ccccc4c4ccccc43)c(-n3c4ccccc4c4ccccc43)c2)nc(C(F)(F)F)n1. The normalized spacial score (nSPS) is 12.3. The first-order valence-electron chi connectivity index (χ1n) is 18.4. The standard InChI is InChI=1S/C48H30F3N5/c1-29-26-37(53-47(52-29)48(49,50)51)30-27-44(54-38-20-8-2-14-31(38)32-15-3-9-21-39(32)54)46(56-42-24-12-6-18-35(42)36-19-7-13-25-43(36)56)45(28-30)55-40-22-10-4-16-33(40)34-17-5-11-23-41(34)55/h2-28H,1H3. The topological polar surface area (TPSA) is 40.6 Å². The van der Waals surface area contributed by atoms with E-state index in [1.807, 2.05) is 60.7 Å². The van der Waals surface area contributed by atoms with E-state index in [2.05, 4.69) is 121 Å². The minimum absolute atomic E-state index is 0.183. The molecule has 0 fully saturated rings. The maximum absolute atomic E-state index is 14.4. The molecule has 0 aliphatic carbocycles. The van der Waals surface area contributed by atoms with Crippen LogP contribution < -0.4 is 0 Å². The van der Waals surface area contributed by atoms with Gasteiger partial charge in [-0.2, -0.15) is 13.2 Å². The lowest BCUT2D eigenvalue weighted by atomic mass is 10.0. The summed E-state index contributed by atoms with van der Waals surface area (Å²) in [5, 5.41) is 6.45. The van der Waals surface area contributed by atoms with E-state index in [1.165, 1.54) is 0 Å². The Bertz CT molecular complexity index is 3090. The van der Waals surface area contributed by atoms with Crippen molar-refractivity contribution in [2.45, 2.75) is 13.1 Å². The fourth-order valence-corrected chi connectivity index (χ4v) is 8.69. The Kier molecular flexibility index (Phi) is 6.86. The van der Waals surface area contributed by atoms with Gasteiger partial charge in [0.05, 0.1) is 55.9 Å². The van der Waals surface area contributed by atoms with Gasteiger partial charge in [-0.05, 0) is 61.5 Å². The zero-order chi connectivity index (χ0) is 37.7. The summed E-state index contributed by atoms with van der Waals surface area (Å²) in [6.45, 7) is 1.58. The molecule has 0 radical (unpaired) electrons. The van der Waals surface area contributed by atoms with E-state index in [0.29, 0.717) is 5.56 Å². The highest BCUT2D eigenvalue weighted by molar-refractivity contribution is 6.13. The predicted octanol–water partition coefficient (Wildman–Crippen LogP) is 12.8. The molecule has 0 atom stereocenters. The molecule has 11 aromatic rings. The molecular weight excluding hydrogens is 704 g/mol. The highest BCUT2D eigenvalue weighted by atomic mass is 19.4. The second-order valence-electron chi connectivity index (χ2n) is 14.2. The fraction of sp³-hybridized carbons (Fsp3) is 0.0417. The summed E-state index contributed by atoms with van der Waals surface area (Å²) in [6, 6.07) is 55.6. The molecule has 0 amide bonds. The zero-order valence-corrected chi connectivity index (χ0v) is 30.0. The van der Waals surface area contributed by atoms with E-state index < -0.39 is 12.0 Å². The van der Waals surface area contributed by atoms with Crippen molar-refractivity contribution >= 4 is 65.4 Å². The predicted molar refractivity (Wildman–Crippen MR) is 220 cm³/mol. The van der Waals surface area contributed by atoms with Crippen molar-refractivity contribution in [2.24, 2.45) is 0 Å². The molecule has 0 spiro atoms.